The lowest BCUT2D eigenvalue weighted by atomic mass is 9.98. The number of hydrogen-bond donors (Lipinski definition) is 0. The van der Waals surface area contributed by atoms with E-state index in [-0.39, 0.29) is 0 Å². The summed E-state index contributed by atoms with van der Waals surface area (Å²) >= 11 is 0. The number of benzene rings is 7. The molecule has 0 saturated carbocycles. The Morgan fingerprint density at radius 2 is 0.804 bits per heavy atom. The third kappa shape index (κ3) is 4.97. The van der Waals surface area contributed by atoms with E-state index in [1.807, 2.05) is 78.9 Å². The van der Waals surface area contributed by atoms with Gasteiger partial charge in [-0.2, -0.15) is 15.8 Å². The van der Waals surface area contributed by atoms with Gasteiger partial charge in [0.05, 0.1) is 68.3 Å². The van der Waals surface area contributed by atoms with Crippen LogP contribution in [0.3, 0.4) is 0 Å². The van der Waals surface area contributed by atoms with Gasteiger partial charge in [-0.15, -0.1) is 0 Å². The molecule has 6 heteroatoms. The van der Waals surface area contributed by atoms with Gasteiger partial charge in [0.25, 0.3) is 0 Å². The zero-order chi connectivity index (χ0) is 37.8. The summed E-state index contributed by atoms with van der Waals surface area (Å²) in [5.41, 5.74) is 12.9. The Bertz CT molecular complexity index is 3350. The molecule has 10 rings (SSSR count). The number of aromatic nitrogens is 3. The Morgan fingerprint density at radius 1 is 0.357 bits per heavy atom. The molecule has 0 atom stereocenters. The number of nitriles is 3. The molecule has 0 aliphatic heterocycles. The SMILES string of the molecule is N#Cc1ccccc1-c1ccc2c(c1)c1ccccc1n2-c1cc(C#N)c(-c2ccncc2)cc1-n1c2ccccc2c2cc(-c3ccccc3C#N)ccc21. The minimum absolute atomic E-state index is 0.539. The fraction of sp³-hybridized carbons (Fsp3) is 0. The summed E-state index contributed by atoms with van der Waals surface area (Å²) in [6, 6.07) is 60.1. The van der Waals surface area contributed by atoms with Crippen molar-refractivity contribution in [2.75, 3.05) is 0 Å². The van der Waals surface area contributed by atoms with Crippen LogP contribution in [-0.2, 0) is 0 Å². The van der Waals surface area contributed by atoms with E-state index in [4.69, 9.17) is 0 Å². The van der Waals surface area contributed by atoms with Crippen molar-refractivity contribution in [3.05, 3.63) is 187 Å². The fourth-order valence-corrected chi connectivity index (χ4v) is 8.26. The molecule has 0 saturated heterocycles. The molecule has 0 aliphatic rings. The highest BCUT2D eigenvalue weighted by Crippen LogP contribution is 2.42. The lowest BCUT2D eigenvalue weighted by Crippen LogP contribution is -2.05. The van der Waals surface area contributed by atoms with E-state index in [1.165, 1.54) is 0 Å². The normalized spacial score (nSPS) is 11.2. The summed E-state index contributed by atoms with van der Waals surface area (Å²) in [5, 5.41) is 34.9. The minimum Gasteiger partial charge on any atom is -0.307 e. The van der Waals surface area contributed by atoms with Crippen LogP contribution < -0.4 is 0 Å². The van der Waals surface area contributed by atoms with E-state index >= 15 is 0 Å². The topological polar surface area (TPSA) is 94.1 Å². The third-order valence-corrected chi connectivity index (χ3v) is 10.8. The molecular formula is C50H28N6. The van der Waals surface area contributed by atoms with Crippen LogP contribution in [0.1, 0.15) is 16.7 Å². The molecule has 10 aromatic rings. The zero-order valence-corrected chi connectivity index (χ0v) is 29.8. The second-order valence-electron chi connectivity index (χ2n) is 13.7. The molecule has 7 aromatic carbocycles. The Morgan fingerprint density at radius 3 is 1.32 bits per heavy atom. The number of rotatable bonds is 5. The number of hydrogen-bond acceptors (Lipinski definition) is 4. The molecule has 3 aromatic heterocycles. The van der Waals surface area contributed by atoms with E-state index in [0.717, 1.165) is 88.4 Å². The van der Waals surface area contributed by atoms with Gasteiger partial charge in [0, 0.05) is 39.5 Å². The molecule has 3 heterocycles. The van der Waals surface area contributed by atoms with E-state index in [1.54, 1.807) is 12.4 Å². The van der Waals surface area contributed by atoms with Gasteiger partial charge in [0.2, 0.25) is 0 Å². The molecule has 0 radical (unpaired) electrons. The van der Waals surface area contributed by atoms with Gasteiger partial charge in [-0.1, -0.05) is 84.9 Å². The van der Waals surface area contributed by atoms with Crippen LogP contribution in [0.15, 0.2) is 170 Å². The maximum absolute atomic E-state index is 10.8. The van der Waals surface area contributed by atoms with Gasteiger partial charge >= 0.3 is 0 Å². The largest absolute Gasteiger partial charge is 0.307 e. The number of nitrogens with zero attached hydrogens (tertiary/aromatic N) is 6. The van der Waals surface area contributed by atoms with E-state index in [2.05, 4.69) is 111 Å². The standard InChI is InChI=1S/C50H28N6/c51-29-35-9-1-3-11-38(35)33-17-19-47-43(25-33)40-13-5-7-15-45(40)55(47)49-27-37(31-53)42(32-21-23-54-24-22-32)28-50(49)56-46-16-8-6-14-41(46)44-26-34(18-20-48(44)56)39-12-4-2-10-36(39)30-52/h1-28H. The van der Waals surface area contributed by atoms with Crippen molar-refractivity contribution in [3.63, 3.8) is 0 Å². The average Bonchev–Trinajstić information content (AvgIpc) is 3.78. The molecule has 0 amide bonds. The molecule has 0 bridgehead atoms. The average molecular weight is 713 g/mol. The van der Waals surface area contributed by atoms with Crippen LogP contribution in [0.2, 0.25) is 0 Å². The van der Waals surface area contributed by atoms with Crippen LogP contribution >= 0.6 is 0 Å². The van der Waals surface area contributed by atoms with Crippen LogP contribution in [0.25, 0.3) is 88.4 Å². The van der Waals surface area contributed by atoms with Gasteiger partial charge in [-0.25, -0.2) is 0 Å². The van der Waals surface area contributed by atoms with Gasteiger partial charge in [-0.05, 0) is 101 Å². The summed E-state index contributed by atoms with van der Waals surface area (Å²) in [4.78, 5) is 4.26. The Hall–Kier alpha value is -8.24. The van der Waals surface area contributed by atoms with Crippen molar-refractivity contribution in [2.24, 2.45) is 0 Å². The van der Waals surface area contributed by atoms with Crippen molar-refractivity contribution < 1.29 is 0 Å². The lowest BCUT2D eigenvalue weighted by Gasteiger charge is -2.19. The highest BCUT2D eigenvalue weighted by molar-refractivity contribution is 6.13. The Kier molecular flexibility index (Phi) is 7.53. The van der Waals surface area contributed by atoms with E-state index < -0.39 is 0 Å². The van der Waals surface area contributed by atoms with Gasteiger partial charge in [-0.3, -0.25) is 4.98 Å². The highest BCUT2D eigenvalue weighted by Gasteiger charge is 2.23. The Balaban J connectivity index is 1.32. The highest BCUT2D eigenvalue weighted by atomic mass is 15.1. The number of pyridine rings is 1. The van der Waals surface area contributed by atoms with Crippen molar-refractivity contribution in [1.82, 2.24) is 14.1 Å². The summed E-state index contributed by atoms with van der Waals surface area (Å²) in [5.74, 6) is 0. The van der Waals surface area contributed by atoms with E-state index in [9.17, 15) is 15.8 Å². The van der Waals surface area contributed by atoms with Gasteiger partial charge < -0.3 is 9.13 Å². The quantitative estimate of drug-likeness (QED) is 0.177. The lowest BCUT2D eigenvalue weighted by molar-refractivity contribution is 1.09. The van der Waals surface area contributed by atoms with E-state index in [0.29, 0.717) is 16.7 Å². The predicted octanol–water partition coefficient (Wildman–Crippen LogP) is 11.9. The van der Waals surface area contributed by atoms with Crippen molar-refractivity contribution >= 4 is 43.6 Å². The molecule has 0 fully saturated rings. The number of fused-ring (bicyclic) bond motifs is 6. The first-order valence-electron chi connectivity index (χ1n) is 18.2. The molecule has 0 N–H and O–H groups in total. The predicted molar refractivity (Wildman–Crippen MR) is 223 cm³/mol. The van der Waals surface area contributed by atoms with Crippen molar-refractivity contribution in [2.45, 2.75) is 0 Å². The first-order valence-corrected chi connectivity index (χ1v) is 18.2. The molecule has 56 heavy (non-hydrogen) atoms. The molecule has 258 valence electrons. The maximum Gasteiger partial charge on any atom is 0.0998 e. The van der Waals surface area contributed by atoms with Gasteiger partial charge in [0.1, 0.15) is 0 Å². The zero-order valence-electron chi connectivity index (χ0n) is 29.8. The third-order valence-electron chi connectivity index (χ3n) is 10.8. The van der Waals surface area contributed by atoms with Crippen LogP contribution in [0.5, 0.6) is 0 Å². The molecule has 0 spiro atoms. The summed E-state index contributed by atoms with van der Waals surface area (Å²) in [7, 11) is 0. The van der Waals surface area contributed by atoms with Gasteiger partial charge in [0.15, 0.2) is 0 Å². The summed E-state index contributed by atoms with van der Waals surface area (Å²) < 4.78 is 4.55. The first-order chi connectivity index (χ1) is 27.7. The smallest absolute Gasteiger partial charge is 0.0998 e. The molecule has 6 nitrogen and oxygen atoms in total. The fourth-order valence-electron chi connectivity index (χ4n) is 8.26. The second-order valence-corrected chi connectivity index (χ2v) is 13.7. The summed E-state index contributed by atoms with van der Waals surface area (Å²) in [6.45, 7) is 0. The Labute approximate surface area is 322 Å². The maximum atomic E-state index is 10.8. The van der Waals surface area contributed by atoms with Crippen molar-refractivity contribution in [1.29, 1.82) is 15.8 Å². The second kappa shape index (κ2) is 13.0. The number of para-hydroxylation sites is 2. The summed E-state index contributed by atoms with van der Waals surface area (Å²) in [6.07, 6.45) is 3.50. The molecule has 0 unspecified atom stereocenters. The van der Waals surface area contributed by atoms with Crippen molar-refractivity contribution in [3.8, 4) is 63.0 Å². The molecular weight excluding hydrogens is 685 g/mol. The molecule has 0 aliphatic carbocycles. The van der Waals surface area contributed by atoms with Crippen LogP contribution in [-0.4, -0.2) is 14.1 Å². The van der Waals surface area contributed by atoms with Crippen LogP contribution in [0, 0.1) is 34.0 Å². The first kappa shape index (κ1) is 32.4. The monoisotopic (exact) mass is 712 g/mol. The minimum atomic E-state index is 0.539. The van der Waals surface area contributed by atoms with Crippen LogP contribution in [0.4, 0.5) is 0 Å².